The summed E-state index contributed by atoms with van der Waals surface area (Å²) in [5.74, 6) is 0.592. The minimum atomic E-state index is -0.303. The van der Waals surface area contributed by atoms with Crippen LogP contribution in [0.15, 0.2) is 24.3 Å². The first-order chi connectivity index (χ1) is 12.6. The molecule has 3 aromatic rings. The van der Waals surface area contributed by atoms with Crippen LogP contribution in [0.25, 0.3) is 11.0 Å². The maximum absolute atomic E-state index is 12.5. The molecule has 1 aliphatic rings. The van der Waals surface area contributed by atoms with Crippen molar-refractivity contribution >= 4 is 16.9 Å². The predicted molar refractivity (Wildman–Crippen MR) is 92.0 cm³/mol. The highest BCUT2D eigenvalue weighted by molar-refractivity contribution is 5.92. The van der Waals surface area contributed by atoms with E-state index in [4.69, 9.17) is 0 Å². The Balaban J connectivity index is 1.41. The fourth-order valence-electron chi connectivity index (χ4n) is 3.24. The fourth-order valence-corrected chi connectivity index (χ4v) is 3.24. The van der Waals surface area contributed by atoms with Gasteiger partial charge in [0.15, 0.2) is 5.82 Å². The van der Waals surface area contributed by atoms with Crippen molar-refractivity contribution < 1.29 is 4.79 Å². The Bertz CT molecular complexity index is 940. The summed E-state index contributed by atoms with van der Waals surface area (Å²) in [6.07, 6.45) is 0.850. The highest BCUT2D eigenvalue weighted by atomic mass is 16.2. The minimum absolute atomic E-state index is 0.0289. The molecule has 10 heteroatoms. The molecule has 1 aromatic carbocycles. The molecule has 26 heavy (non-hydrogen) atoms. The van der Waals surface area contributed by atoms with Crippen molar-refractivity contribution in [1.29, 1.82) is 0 Å². The van der Waals surface area contributed by atoms with E-state index in [-0.39, 0.29) is 23.8 Å². The van der Waals surface area contributed by atoms with Crippen molar-refractivity contribution in [3.05, 3.63) is 35.9 Å². The minimum Gasteiger partial charge on any atom is -0.345 e. The van der Waals surface area contributed by atoms with Crippen LogP contribution in [0.5, 0.6) is 0 Å². The van der Waals surface area contributed by atoms with Gasteiger partial charge in [0.2, 0.25) is 5.82 Å². The van der Waals surface area contributed by atoms with Crippen molar-refractivity contribution in [2.75, 3.05) is 13.1 Å². The van der Waals surface area contributed by atoms with Gasteiger partial charge in [-0.05, 0) is 35.9 Å². The summed E-state index contributed by atoms with van der Waals surface area (Å²) in [4.78, 5) is 19.0. The standard InChI is InChI=1S/C16H19N9O/c1-10(15-21-22-23-24(15)2)25-8-7-11(9-25)17-16(26)14-18-12-5-3-4-6-13(12)19-20-14/h3-6,10-11H,7-9H2,1-2H3,(H,17,26). The summed E-state index contributed by atoms with van der Waals surface area (Å²) < 4.78 is 1.67. The van der Waals surface area contributed by atoms with Crippen LogP contribution in [-0.4, -0.2) is 65.3 Å². The van der Waals surface area contributed by atoms with Crippen molar-refractivity contribution in [3.8, 4) is 0 Å². The SMILES string of the molecule is CC(c1nnnn1C)N1CCC(NC(=O)c2nnc3ccccc3n2)C1. The molecule has 10 nitrogen and oxygen atoms in total. The number of hydrogen-bond donors (Lipinski definition) is 1. The third kappa shape index (κ3) is 3.10. The van der Waals surface area contributed by atoms with Crippen LogP contribution < -0.4 is 5.32 Å². The Morgan fingerprint density at radius 1 is 1.23 bits per heavy atom. The van der Waals surface area contributed by atoms with Crippen LogP contribution in [-0.2, 0) is 7.05 Å². The molecular weight excluding hydrogens is 334 g/mol. The number of benzene rings is 1. The average Bonchev–Trinajstić information content (AvgIpc) is 3.29. The van der Waals surface area contributed by atoms with E-state index >= 15 is 0 Å². The van der Waals surface area contributed by atoms with Gasteiger partial charge < -0.3 is 5.32 Å². The van der Waals surface area contributed by atoms with E-state index in [2.05, 4.69) is 47.8 Å². The lowest BCUT2D eigenvalue weighted by atomic mass is 10.2. The number of nitrogens with zero attached hydrogens (tertiary/aromatic N) is 8. The molecular formula is C16H19N9O. The van der Waals surface area contributed by atoms with Crippen LogP contribution >= 0.6 is 0 Å². The monoisotopic (exact) mass is 353 g/mol. The summed E-state index contributed by atoms with van der Waals surface area (Å²) >= 11 is 0. The second-order valence-corrected chi connectivity index (χ2v) is 6.41. The van der Waals surface area contributed by atoms with Crippen LogP contribution in [0.1, 0.15) is 35.8 Å². The molecule has 1 saturated heterocycles. The lowest BCUT2D eigenvalue weighted by Crippen LogP contribution is -2.38. The van der Waals surface area contributed by atoms with Gasteiger partial charge in [0.1, 0.15) is 5.52 Å². The topological polar surface area (TPSA) is 115 Å². The average molecular weight is 353 g/mol. The number of amides is 1. The van der Waals surface area contributed by atoms with Gasteiger partial charge in [-0.25, -0.2) is 9.67 Å². The molecule has 2 unspecified atom stereocenters. The maximum atomic E-state index is 12.5. The first kappa shape index (κ1) is 16.5. The van der Waals surface area contributed by atoms with Crippen LogP contribution in [0.3, 0.4) is 0 Å². The van der Waals surface area contributed by atoms with Crippen molar-refractivity contribution in [1.82, 2.24) is 45.6 Å². The van der Waals surface area contributed by atoms with E-state index < -0.39 is 0 Å². The lowest BCUT2D eigenvalue weighted by Gasteiger charge is -2.22. The second-order valence-electron chi connectivity index (χ2n) is 6.41. The van der Waals surface area contributed by atoms with Crippen LogP contribution in [0, 0.1) is 0 Å². The molecule has 1 amide bonds. The Morgan fingerprint density at radius 3 is 2.81 bits per heavy atom. The molecule has 0 aliphatic carbocycles. The molecule has 1 fully saturated rings. The third-order valence-corrected chi connectivity index (χ3v) is 4.69. The van der Waals surface area contributed by atoms with Gasteiger partial charge in [-0.2, -0.15) is 0 Å². The maximum Gasteiger partial charge on any atom is 0.291 e. The lowest BCUT2D eigenvalue weighted by molar-refractivity contribution is 0.0925. The highest BCUT2D eigenvalue weighted by Crippen LogP contribution is 2.22. The van der Waals surface area contributed by atoms with E-state index in [0.29, 0.717) is 11.0 Å². The van der Waals surface area contributed by atoms with Gasteiger partial charge in [0.25, 0.3) is 5.91 Å². The van der Waals surface area contributed by atoms with E-state index in [1.807, 2.05) is 31.3 Å². The van der Waals surface area contributed by atoms with E-state index in [1.165, 1.54) is 0 Å². The normalized spacial score (nSPS) is 18.9. The van der Waals surface area contributed by atoms with Crippen molar-refractivity contribution in [2.24, 2.45) is 7.05 Å². The molecule has 2 atom stereocenters. The fraction of sp³-hybridized carbons (Fsp3) is 0.438. The number of likely N-dealkylation sites (tertiary alicyclic amines) is 1. The second kappa shape index (κ2) is 6.71. The smallest absolute Gasteiger partial charge is 0.291 e. The number of tetrazole rings is 1. The summed E-state index contributed by atoms with van der Waals surface area (Å²) in [6.45, 7) is 3.64. The number of aryl methyl sites for hydroxylation is 1. The molecule has 2 aromatic heterocycles. The van der Waals surface area contributed by atoms with E-state index in [0.717, 1.165) is 25.3 Å². The van der Waals surface area contributed by atoms with E-state index in [9.17, 15) is 4.79 Å². The summed E-state index contributed by atoms with van der Waals surface area (Å²) in [5.41, 5.74) is 1.33. The van der Waals surface area contributed by atoms with E-state index in [1.54, 1.807) is 4.68 Å². The van der Waals surface area contributed by atoms with Gasteiger partial charge in [-0.1, -0.05) is 12.1 Å². The molecule has 134 valence electrons. The van der Waals surface area contributed by atoms with Crippen LogP contribution in [0.4, 0.5) is 0 Å². The number of fused-ring (bicyclic) bond motifs is 1. The van der Waals surface area contributed by atoms with Gasteiger partial charge in [0.05, 0.1) is 11.6 Å². The molecule has 0 radical (unpaired) electrons. The first-order valence-corrected chi connectivity index (χ1v) is 8.48. The molecule has 1 aliphatic heterocycles. The molecule has 3 heterocycles. The number of aromatic nitrogens is 7. The van der Waals surface area contributed by atoms with Gasteiger partial charge in [0, 0.05) is 26.2 Å². The molecule has 0 spiro atoms. The zero-order valence-electron chi connectivity index (χ0n) is 14.6. The Labute approximate surface area is 149 Å². The molecule has 1 N–H and O–H groups in total. The summed E-state index contributed by atoms with van der Waals surface area (Å²) in [7, 11) is 1.82. The summed E-state index contributed by atoms with van der Waals surface area (Å²) in [6, 6.07) is 7.45. The van der Waals surface area contributed by atoms with Gasteiger partial charge >= 0.3 is 0 Å². The number of rotatable bonds is 4. The molecule has 4 rings (SSSR count). The Kier molecular flexibility index (Phi) is 4.25. The molecule has 0 saturated carbocycles. The third-order valence-electron chi connectivity index (χ3n) is 4.69. The zero-order valence-corrected chi connectivity index (χ0v) is 14.6. The number of carbonyl (C=O) groups excluding carboxylic acids is 1. The van der Waals surface area contributed by atoms with Crippen LogP contribution in [0.2, 0.25) is 0 Å². The quantitative estimate of drug-likeness (QED) is 0.703. The van der Waals surface area contributed by atoms with Gasteiger partial charge in [-0.15, -0.1) is 15.3 Å². The Hall–Kier alpha value is -3.01. The first-order valence-electron chi connectivity index (χ1n) is 8.48. The number of nitrogens with one attached hydrogen (secondary N) is 1. The number of carbonyl (C=O) groups is 1. The largest absolute Gasteiger partial charge is 0.345 e. The van der Waals surface area contributed by atoms with Crippen molar-refractivity contribution in [3.63, 3.8) is 0 Å². The Morgan fingerprint density at radius 2 is 2.04 bits per heavy atom. The predicted octanol–water partition coefficient (Wildman–Crippen LogP) is 0.114. The highest BCUT2D eigenvalue weighted by Gasteiger charge is 2.30. The van der Waals surface area contributed by atoms with Gasteiger partial charge in [-0.3, -0.25) is 9.69 Å². The number of hydrogen-bond acceptors (Lipinski definition) is 8. The molecule has 0 bridgehead atoms. The zero-order chi connectivity index (χ0) is 18.1. The summed E-state index contributed by atoms with van der Waals surface area (Å²) in [5, 5.41) is 22.6. The van der Waals surface area contributed by atoms with Crippen molar-refractivity contribution in [2.45, 2.75) is 25.4 Å². The number of para-hydroxylation sites is 1.